The van der Waals surface area contributed by atoms with E-state index < -0.39 is 6.10 Å². The molecule has 1 N–H and O–H groups in total. The first-order valence-electron chi connectivity index (χ1n) is 9.96. The first-order chi connectivity index (χ1) is 12.6. The molecular weight excluding hydrogens is 328 g/mol. The van der Waals surface area contributed by atoms with Crippen molar-refractivity contribution >= 4 is 5.91 Å². The van der Waals surface area contributed by atoms with E-state index >= 15 is 0 Å². The van der Waals surface area contributed by atoms with Gasteiger partial charge in [0.25, 0.3) is 5.91 Å². The van der Waals surface area contributed by atoms with Crippen LogP contribution in [-0.4, -0.2) is 49.2 Å². The van der Waals surface area contributed by atoms with Crippen molar-refractivity contribution in [3.63, 3.8) is 0 Å². The van der Waals surface area contributed by atoms with Gasteiger partial charge in [0.2, 0.25) is 0 Å². The highest BCUT2D eigenvalue weighted by Crippen LogP contribution is 2.35. The van der Waals surface area contributed by atoms with Crippen LogP contribution in [0.1, 0.15) is 51.9 Å². The Kier molecular flexibility index (Phi) is 6.41. The van der Waals surface area contributed by atoms with Crippen LogP contribution in [0.25, 0.3) is 0 Å². The molecule has 1 unspecified atom stereocenters. The van der Waals surface area contributed by atoms with Gasteiger partial charge in [-0.05, 0) is 57.8 Å². The van der Waals surface area contributed by atoms with Crippen molar-refractivity contribution in [2.45, 2.75) is 63.5 Å². The average molecular weight is 360 g/mol. The third kappa shape index (κ3) is 4.50. The van der Waals surface area contributed by atoms with Crippen molar-refractivity contribution in [2.75, 3.05) is 26.7 Å². The van der Waals surface area contributed by atoms with Gasteiger partial charge < -0.3 is 14.8 Å². The van der Waals surface area contributed by atoms with Gasteiger partial charge in [-0.3, -0.25) is 9.69 Å². The molecule has 0 aromatic heterocycles. The highest BCUT2D eigenvalue weighted by molar-refractivity contribution is 5.80. The highest BCUT2D eigenvalue weighted by Gasteiger charge is 2.39. The number of likely N-dealkylation sites (tertiary alicyclic amines) is 1. The predicted octanol–water partition coefficient (Wildman–Crippen LogP) is 3.38. The number of benzene rings is 1. The van der Waals surface area contributed by atoms with Crippen LogP contribution in [0.4, 0.5) is 0 Å². The van der Waals surface area contributed by atoms with Crippen LogP contribution in [-0.2, 0) is 4.79 Å². The monoisotopic (exact) mass is 360 g/mol. The first kappa shape index (κ1) is 19.0. The number of hydrogen-bond donors (Lipinski definition) is 1. The predicted molar refractivity (Wildman–Crippen MR) is 103 cm³/mol. The standard InChI is InChI=1S/C21H32N2O3/c1-17(26-19-10-8-9-18(15-19)25-2)20(24)22-16-21(11-4-3-5-12-21)23-13-6-7-14-23/h8-10,15,17H,3-7,11-14,16H2,1-2H3,(H,22,24). The molecule has 0 bridgehead atoms. The Hall–Kier alpha value is -1.75. The van der Waals surface area contributed by atoms with Gasteiger partial charge in [0.05, 0.1) is 7.11 Å². The van der Waals surface area contributed by atoms with Gasteiger partial charge in [0.15, 0.2) is 6.10 Å². The van der Waals surface area contributed by atoms with E-state index in [-0.39, 0.29) is 11.4 Å². The topological polar surface area (TPSA) is 50.8 Å². The normalized spacial score (nSPS) is 21.2. The minimum absolute atomic E-state index is 0.0445. The number of nitrogens with one attached hydrogen (secondary N) is 1. The molecule has 26 heavy (non-hydrogen) atoms. The second-order valence-corrected chi connectivity index (χ2v) is 7.64. The van der Waals surface area contributed by atoms with Gasteiger partial charge in [-0.1, -0.05) is 25.3 Å². The van der Waals surface area contributed by atoms with Crippen molar-refractivity contribution in [1.82, 2.24) is 10.2 Å². The fraction of sp³-hybridized carbons (Fsp3) is 0.667. The SMILES string of the molecule is COc1cccc(OC(C)C(=O)NCC2(N3CCCC3)CCCCC2)c1. The van der Waals surface area contributed by atoms with Crippen LogP contribution in [0, 0.1) is 0 Å². The zero-order chi connectivity index (χ0) is 18.4. The molecule has 5 heteroatoms. The zero-order valence-electron chi connectivity index (χ0n) is 16.1. The number of hydrogen-bond acceptors (Lipinski definition) is 4. The molecule has 2 fully saturated rings. The van der Waals surface area contributed by atoms with Crippen molar-refractivity contribution in [2.24, 2.45) is 0 Å². The molecule has 1 aromatic carbocycles. The molecule has 1 amide bonds. The van der Waals surface area contributed by atoms with E-state index in [0.29, 0.717) is 5.75 Å². The van der Waals surface area contributed by atoms with Gasteiger partial charge in [-0.2, -0.15) is 0 Å². The zero-order valence-corrected chi connectivity index (χ0v) is 16.1. The summed E-state index contributed by atoms with van der Waals surface area (Å²) in [6, 6.07) is 7.37. The Morgan fingerprint density at radius 1 is 1.15 bits per heavy atom. The second-order valence-electron chi connectivity index (χ2n) is 7.64. The van der Waals surface area contributed by atoms with Crippen molar-refractivity contribution < 1.29 is 14.3 Å². The smallest absolute Gasteiger partial charge is 0.260 e. The summed E-state index contributed by atoms with van der Waals surface area (Å²) in [6.07, 6.45) is 8.28. The molecule has 2 aliphatic rings. The maximum absolute atomic E-state index is 12.6. The van der Waals surface area contributed by atoms with Gasteiger partial charge in [-0.15, -0.1) is 0 Å². The minimum Gasteiger partial charge on any atom is -0.497 e. The maximum Gasteiger partial charge on any atom is 0.260 e. The van der Waals surface area contributed by atoms with Crippen LogP contribution >= 0.6 is 0 Å². The largest absolute Gasteiger partial charge is 0.497 e. The number of rotatable bonds is 7. The summed E-state index contributed by atoms with van der Waals surface area (Å²) in [5, 5.41) is 3.18. The molecule has 1 aliphatic carbocycles. The van der Waals surface area contributed by atoms with E-state index in [4.69, 9.17) is 9.47 Å². The van der Waals surface area contributed by atoms with Gasteiger partial charge in [-0.25, -0.2) is 0 Å². The third-order valence-corrected chi connectivity index (χ3v) is 5.88. The lowest BCUT2D eigenvalue weighted by molar-refractivity contribution is -0.128. The lowest BCUT2D eigenvalue weighted by Gasteiger charge is -2.45. The summed E-state index contributed by atoms with van der Waals surface area (Å²) < 4.78 is 11.0. The van der Waals surface area contributed by atoms with Crippen LogP contribution in [0.15, 0.2) is 24.3 Å². The minimum atomic E-state index is -0.527. The summed E-state index contributed by atoms with van der Waals surface area (Å²) in [4.78, 5) is 15.2. The molecule has 3 rings (SSSR count). The van der Waals surface area contributed by atoms with Gasteiger partial charge in [0, 0.05) is 18.2 Å². The average Bonchev–Trinajstić information content (AvgIpc) is 3.22. The molecule has 0 spiro atoms. The fourth-order valence-electron chi connectivity index (χ4n) is 4.33. The maximum atomic E-state index is 12.6. The van der Waals surface area contributed by atoms with E-state index in [2.05, 4.69) is 10.2 Å². The van der Waals surface area contributed by atoms with E-state index in [9.17, 15) is 4.79 Å². The van der Waals surface area contributed by atoms with Crippen LogP contribution in [0.3, 0.4) is 0 Å². The Labute approximate surface area is 157 Å². The summed E-state index contributed by atoms with van der Waals surface area (Å²) >= 11 is 0. The molecule has 1 saturated heterocycles. The Bertz CT molecular complexity index is 593. The van der Waals surface area contributed by atoms with Crippen molar-refractivity contribution in [3.05, 3.63) is 24.3 Å². The summed E-state index contributed by atoms with van der Waals surface area (Å²) in [5.74, 6) is 1.33. The Balaban J connectivity index is 1.57. The van der Waals surface area contributed by atoms with Crippen LogP contribution in [0.2, 0.25) is 0 Å². The fourth-order valence-corrected chi connectivity index (χ4v) is 4.33. The lowest BCUT2D eigenvalue weighted by atomic mass is 9.80. The van der Waals surface area contributed by atoms with Crippen LogP contribution < -0.4 is 14.8 Å². The molecule has 1 aromatic rings. The molecule has 1 aliphatic heterocycles. The number of methoxy groups -OCH3 is 1. The first-order valence-corrected chi connectivity index (χ1v) is 9.96. The summed E-state index contributed by atoms with van der Waals surface area (Å²) in [6.45, 7) is 4.88. The molecule has 1 saturated carbocycles. The summed E-state index contributed by atoms with van der Waals surface area (Å²) in [7, 11) is 1.62. The lowest BCUT2D eigenvalue weighted by Crippen LogP contribution is -2.56. The van der Waals surface area contributed by atoms with E-state index in [1.165, 1.54) is 58.0 Å². The van der Waals surface area contributed by atoms with E-state index in [1.807, 2.05) is 18.2 Å². The molecule has 1 heterocycles. The Morgan fingerprint density at radius 2 is 1.85 bits per heavy atom. The van der Waals surface area contributed by atoms with E-state index in [0.717, 1.165) is 12.3 Å². The Morgan fingerprint density at radius 3 is 2.54 bits per heavy atom. The third-order valence-electron chi connectivity index (χ3n) is 5.88. The number of ether oxygens (including phenoxy) is 2. The summed E-state index contributed by atoms with van der Waals surface area (Å²) in [5.41, 5.74) is 0.153. The van der Waals surface area contributed by atoms with E-state index in [1.54, 1.807) is 20.1 Å². The highest BCUT2D eigenvalue weighted by atomic mass is 16.5. The van der Waals surface area contributed by atoms with Crippen molar-refractivity contribution in [1.29, 1.82) is 0 Å². The van der Waals surface area contributed by atoms with Gasteiger partial charge >= 0.3 is 0 Å². The molecular formula is C21H32N2O3. The quantitative estimate of drug-likeness (QED) is 0.810. The number of carbonyl (C=O) groups is 1. The van der Waals surface area contributed by atoms with Gasteiger partial charge in [0.1, 0.15) is 11.5 Å². The second kappa shape index (κ2) is 8.76. The molecule has 1 atom stereocenters. The van der Waals surface area contributed by atoms with Crippen LogP contribution in [0.5, 0.6) is 11.5 Å². The molecule has 5 nitrogen and oxygen atoms in total. The number of amides is 1. The number of nitrogens with zero attached hydrogens (tertiary/aromatic N) is 1. The van der Waals surface area contributed by atoms with Crippen molar-refractivity contribution in [3.8, 4) is 11.5 Å². The molecule has 144 valence electrons. The number of carbonyl (C=O) groups excluding carboxylic acids is 1. The molecule has 0 radical (unpaired) electrons.